The van der Waals surface area contributed by atoms with Crippen molar-refractivity contribution in [1.29, 1.82) is 0 Å². The largest absolute Gasteiger partial charge is 0.383 e. The second-order valence-electron chi connectivity index (χ2n) is 7.85. The highest BCUT2D eigenvalue weighted by Crippen LogP contribution is 2.35. The number of methoxy groups -OCH3 is 1. The normalized spacial score (nSPS) is 15.5. The summed E-state index contributed by atoms with van der Waals surface area (Å²) in [5.74, 6) is -0.381. The molecule has 11 heteroatoms. The Morgan fingerprint density at radius 3 is 2.79 bits per heavy atom. The minimum Gasteiger partial charge on any atom is -0.383 e. The smallest absolute Gasteiger partial charge is 0.318 e. The van der Waals surface area contributed by atoms with Crippen molar-refractivity contribution in [3.05, 3.63) is 62.3 Å². The molecular formula is C22H27N5O5S. The molecule has 33 heavy (non-hydrogen) atoms. The van der Waals surface area contributed by atoms with Gasteiger partial charge in [0, 0.05) is 38.2 Å². The van der Waals surface area contributed by atoms with Crippen molar-refractivity contribution in [3.63, 3.8) is 0 Å². The number of urea groups is 1. The van der Waals surface area contributed by atoms with E-state index in [1.165, 1.54) is 40.5 Å². The zero-order valence-corrected chi connectivity index (χ0v) is 19.6. The monoisotopic (exact) mass is 473 g/mol. The molecule has 2 heterocycles. The Morgan fingerprint density at radius 2 is 2.15 bits per heavy atom. The van der Waals surface area contributed by atoms with Crippen molar-refractivity contribution in [1.82, 2.24) is 15.2 Å². The fourth-order valence-corrected chi connectivity index (χ4v) is 4.19. The molecule has 1 atom stereocenters. The maximum Gasteiger partial charge on any atom is 0.318 e. The second kappa shape index (κ2) is 11.0. The molecule has 2 aromatic rings. The van der Waals surface area contributed by atoms with E-state index >= 15 is 0 Å². The summed E-state index contributed by atoms with van der Waals surface area (Å²) >= 11 is 1.51. The predicted molar refractivity (Wildman–Crippen MR) is 125 cm³/mol. The van der Waals surface area contributed by atoms with E-state index in [9.17, 15) is 19.7 Å². The van der Waals surface area contributed by atoms with E-state index in [0.29, 0.717) is 12.0 Å². The zero-order valence-electron chi connectivity index (χ0n) is 18.8. The van der Waals surface area contributed by atoms with E-state index in [-0.39, 0.29) is 43.4 Å². The van der Waals surface area contributed by atoms with Crippen molar-refractivity contribution in [2.75, 3.05) is 26.8 Å². The van der Waals surface area contributed by atoms with Crippen molar-refractivity contribution >= 4 is 34.7 Å². The summed E-state index contributed by atoms with van der Waals surface area (Å²) < 4.78 is 5.09. The number of nitrogens with zero attached hydrogens (tertiary/aromatic N) is 4. The molecule has 176 valence electrons. The third kappa shape index (κ3) is 6.14. The van der Waals surface area contributed by atoms with E-state index in [2.05, 4.69) is 10.4 Å². The molecule has 0 bridgehead atoms. The molecule has 1 aromatic heterocycles. The number of thiophene rings is 1. The third-order valence-corrected chi connectivity index (χ3v) is 5.95. The number of benzene rings is 1. The van der Waals surface area contributed by atoms with Gasteiger partial charge < -0.3 is 15.0 Å². The molecule has 1 aromatic carbocycles. The highest BCUT2D eigenvalue weighted by atomic mass is 32.1. The van der Waals surface area contributed by atoms with Crippen molar-refractivity contribution in [3.8, 4) is 0 Å². The van der Waals surface area contributed by atoms with Gasteiger partial charge in [-0.2, -0.15) is 5.10 Å². The number of hydrogen-bond acceptors (Lipinski definition) is 7. The highest BCUT2D eigenvalue weighted by Gasteiger charge is 2.35. The van der Waals surface area contributed by atoms with E-state index < -0.39 is 11.0 Å². The predicted octanol–water partition coefficient (Wildman–Crippen LogP) is 3.40. The number of non-ortho nitro benzene ring substituents is 1. The van der Waals surface area contributed by atoms with Crippen LogP contribution in [0.15, 0.2) is 46.9 Å². The maximum absolute atomic E-state index is 13.4. The van der Waals surface area contributed by atoms with Crippen LogP contribution in [-0.2, 0) is 9.53 Å². The summed E-state index contributed by atoms with van der Waals surface area (Å²) in [7, 11) is 1.52. The fourth-order valence-electron chi connectivity index (χ4n) is 3.46. The molecule has 3 rings (SSSR count). The van der Waals surface area contributed by atoms with Gasteiger partial charge in [-0.15, -0.1) is 11.3 Å². The second-order valence-corrected chi connectivity index (χ2v) is 8.80. The first kappa shape index (κ1) is 24.3. The summed E-state index contributed by atoms with van der Waals surface area (Å²) in [6.07, 6.45) is 0.420. The number of ether oxygens (including phenoxy) is 1. The fraction of sp³-hybridized carbons (Fsp3) is 0.409. The van der Waals surface area contributed by atoms with Crippen molar-refractivity contribution in [2.45, 2.75) is 32.4 Å². The van der Waals surface area contributed by atoms with Gasteiger partial charge in [-0.3, -0.25) is 14.9 Å². The molecule has 1 aliphatic rings. The van der Waals surface area contributed by atoms with Gasteiger partial charge in [0.25, 0.3) is 11.6 Å². The number of amides is 3. The Hall–Kier alpha value is -3.31. The molecule has 3 amide bonds. The number of hydrogen-bond donors (Lipinski definition) is 1. The number of nitro groups is 1. The van der Waals surface area contributed by atoms with Crippen LogP contribution in [0.5, 0.6) is 0 Å². The molecule has 0 spiro atoms. The van der Waals surface area contributed by atoms with Crippen LogP contribution in [0.25, 0.3) is 0 Å². The molecular weight excluding hydrogens is 446 g/mol. The summed E-state index contributed by atoms with van der Waals surface area (Å²) in [6, 6.07) is 9.07. The SMILES string of the molecule is COCCN(CC(=O)N1N=C(c2cccs2)C[C@H]1c1cccc([N+](=O)[O-])c1)C(=O)NC(C)C. The molecule has 0 unspecified atom stereocenters. The van der Waals surface area contributed by atoms with Crippen molar-refractivity contribution in [2.24, 2.45) is 5.10 Å². The summed E-state index contributed by atoms with van der Waals surface area (Å²) in [5.41, 5.74) is 1.29. The maximum atomic E-state index is 13.4. The lowest BCUT2D eigenvalue weighted by Crippen LogP contribution is -2.48. The first-order valence-electron chi connectivity index (χ1n) is 10.5. The Labute approximate surface area is 196 Å². The van der Waals surface area contributed by atoms with E-state index in [1.54, 1.807) is 12.1 Å². The molecule has 10 nitrogen and oxygen atoms in total. The van der Waals surface area contributed by atoms with Gasteiger partial charge in [-0.05, 0) is 30.9 Å². The van der Waals surface area contributed by atoms with E-state index in [4.69, 9.17) is 4.74 Å². The van der Waals surface area contributed by atoms with Crippen LogP contribution in [0, 0.1) is 10.1 Å². The lowest BCUT2D eigenvalue weighted by Gasteiger charge is -2.27. The summed E-state index contributed by atoms with van der Waals surface area (Å²) in [4.78, 5) is 39.1. The van der Waals surface area contributed by atoms with Gasteiger partial charge in [0.05, 0.1) is 28.2 Å². The van der Waals surface area contributed by atoms with Crippen LogP contribution in [0.4, 0.5) is 10.5 Å². The van der Waals surface area contributed by atoms with Gasteiger partial charge in [0.15, 0.2) is 0 Å². The quantitative estimate of drug-likeness (QED) is 0.442. The van der Waals surface area contributed by atoms with Gasteiger partial charge in [-0.25, -0.2) is 9.80 Å². The molecule has 1 aliphatic heterocycles. The van der Waals surface area contributed by atoms with Crippen molar-refractivity contribution < 1.29 is 19.2 Å². The van der Waals surface area contributed by atoms with Gasteiger partial charge in [0.1, 0.15) is 6.54 Å². The molecule has 0 fully saturated rings. The van der Waals surface area contributed by atoms with Crippen LogP contribution < -0.4 is 5.32 Å². The Balaban J connectivity index is 1.89. The van der Waals surface area contributed by atoms with Crippen LogP contribution in [0.2, 0.25) is 0 Å². The first-order chi connectivity index (χ1) is 15.8. The number of nitro benzene ring substituents is 1. The van der Waals surface area contributed by atoms with Gasteiger partial charge in [0.2, 0.25) is 0 Å². The third-order valence-electron chi connectivity index (χ3n) is 5.03. The molecule has 0 radical (unpaired) electrons. The Bertz CT molecular complexity index is 1020. The number of nitrogens with one attached hydrogen (secondary N) is 1. The van der Waals surface area contributed by atoms with E-state index in [0.717, 1.165) is 10.6 Å². The number of hydrazone groups is 1. The number of carbonyl (C=O) groups is 2. The minimum atomic E-state index is -0.507. The first-order valence-corrected chi connectivity index (χ1v) is 11.4. The average Bonchev–Trinajstić information content (AvgIpc) is 3.46. The minimum absolute atomic E-state index is 0.0532. The highest BCUT2D eigenvalue weighted by molar-refractivity contribution is 7.12. The standard InChI is InChI=1S/C22H27N5O5S/c1-15(2)23-22(29)25(9-10-32-3)14-21(28)26-19(13-18(24-26)20-8-5-11-33-20)16-6-4-7-17(12-16)27(30)31/h4-8,11-12,15,19H,9-10,13-14H2,1-3H3,(H,23,29)/t19-/m0/s1. The summed E-state index contributed by atoms with van der Waals surface area (Å²) in [5, 5.41) is 21.9. The molecule has 0 aliphatic carbocycles. The van der Waals surface area contributed by atoms with Crippen LogP contribution in [0.1, 0.15) is 36.8 Å². The average molecular weight is 474 g/mol. The van der Waals surface area contributed by atoms with Crippen LogP contribution >= 0.6 is 11.3 Å². The van der Waals surface area contributed by atoms with E-state index in [1.807, 2.05) is 31.4 Å². The molecule has 0 saturated carbocycles. The number of rotatable bonds is 9. The van der Waals surface area contributed by atoms with Crippen LogP contribution in [0.3, 0.4) is 0 Å². The van der Waals surface area contributed by atoms with Gasteiger partial charge >= 0.3 is 6.03 Å². The Morgan fingerprint density at radius 1 is 1.36 bits per heavy atom. The molecule has 1 N–H and O–H groups in total. The summed E-state index contributed by atoms with van der Waals surface area (Å²) in [6.45, 7) is 3.98. The number of carbonyl (C=O) groups excluding carboxylic acids is 2. The van der Waals surface area contributed by atoms with Gasteiger partial charge in [-0.1, -0.05) is 18.2 Å². The Kier molecular flexibility index (Phi) is 8.12. The lowest BCUT2D eigenvalue weighted by molar-refractivity contribution is -0.384. The molecule has 0 saturated heterocycles. The lowest BCUT2D eigenvalue weighted by atomic mass is 10.0. The van der Waals surface area contributed by atoms with Crippen LogP contribution in [-0.4, -0.2) is 65.3 Å². The topological polar surface area (TPSA) is 117 Å². The zero-order chi connectivity index (χ0) is 24.0.